The van der Waals surface area contributed by atoms with Crippen molar-refractivity contribution in [2.75, 3.05) is 7.11 Å². The molecule has 0 heterocycles. The number of ether oxygens (including phenoxy) is 1. The van der Waals surface area contributed by atoms with Crippen LogP contribution in [-0.2, 0) is 10.3 Å². The van der Waals surface area contributed by atoms with Gasteiger partial charge >= 0.3 is 0 Å². The van der Waals surface area contributed by atoms with Gasteiger partial charge in [0.25, 0.3) is 0 Å². The maximum absolute atomic E-state index is 13.9. The first-order chi connectivity index (χ1) is 10.9. The summed E-state index contributed by atoms with van der Waals surface area (Å²) in [6.45, 7) is 3.54. The zero-order chi connectivity index (χ0) is 16.9. The molecule has 0 saturated carbocycles. The van der Waals surface area contributed by atoms with Gasteiger partial charge in [0, 0.05) is 11.6 Å². The van der Waals surface area contributed by atoms with Gasteiger partial charge in [-0.3, -0.25) is 4.79 Å². The Labute approximate surface area is 135 Å². The van der Waals surface area contributed by atoms with Gasteiger partial charge in [0.05, 0.1) is 12.6 Å². The van der Waals surface area contributed by atoms with Crippen molar-refractivity contribution in [3.63, 3.8) is 0 Å². The largest absolute Gasteiger partial charge is 0.497 e. The van der Waals surface area contributed by atoms with Crippen molar-refractivity contribution < 1.29 is 13.9 Å². The highest BCUT2D eigenvalue weighted by Crippen LogP contribution is 2.22. The molecule has 0 aromatic heterocycles. The molecule has 120 valence electrons. The lowest BCUT2D eigenvalue weighted by Gasteiger charge is -2.26. The normalized spacial score (nSPS) is 11.5. The van der Waals surface area contributed by atoms with Gasteiger partial charge in [0.1, 0.15) is 11.6 Å². The first-order valence-electron chi connectivity index (χ1n) is 7.31. The fraction of sp³-hybridized carbons (Fsp3) is 0.211. The van der Waals surface area contributed by atoms with Crippen molar-refractivity contribution in [1.82, 2.24) is 5.32 Å². The molecule has 0 aliphatic carbocycles. The average molecular weight is 313 g/mol. The summed E-state index contributed by atoms with van der Waals surface area (Å²) in [5.74, 6) is 0.137. The van der Waals surface area contributed by atoms with Crippen LogP contribution in [0.1, 0.15) is 25.0 Å². The van der Waals surface area contributed by atoms with E-state index in [2.05, 4.69) is 5.32 Å². The fourth-order valence-electron chi connectivity index (χ4n) is 2.27. The minimum Gasteiger partial charge on any atom is -0.497 e. The van der Waals surface area contributed by atoms with Crippen LogP contribution in [-0.4, -0.2) is 13.0 Å². The SMILES string of the molecule is COc1ccc(/C=C/C(=O)NC(C)(C)c2ccccc2F)cc1. The molecule has 23 heavy (non-hydrogen) atoms. The zero-order valence-corrected chi connectivity index (χ0v) is 13.5. The first kappa shape index (κ1) is 16.7. The Morgan fingerprint density at radius 1 is 1.13 bits per heavy atom. The van der Waals surface area contributed by atoms with Crippen LogP contribution < -0.4 is 10.1 Å². The van der Waals surface area contributed by atoms with E-state index in [1.807, 2.05) is 24.3 Å². The zero-order valence-electron chi connectivity index (χ0n) is 13.5. The van der Waals surface area contributed by atoms with Crippen molar-refractivity contribution in [3.8, 4) is 5.75 Å². The van der Waals surface area contributed by atoms with Gasteiger partial charge in [-0.25, -0.2) is 4.39 Å². The summed E-state index contributed by atoms with van der Waals surface area (Å²) in [6, 6.07) is 13.8. The summed E-state index contributed by atoms with van der Waals surface area (Å²) in [5.41, 5.74) is 0.531. The van der Waals surface area contributed by atoms with Crippen molar-refractivity contribution in [2.24, 2.45) is 0 Å². The van der Waals surface area contributed by atoms with Crippen LogP contribution >= 0.6 is 0 Å². The molecule has 0 radical (unpaired) electrons. The highest BCUT2D eigenvalue weighted by molar-refractivity contribution is 5.92. The summed E-state index contributed by atoms with van der Waals surface area (Å²) >= 11 is 0. The van der Waals surface area contributed by atoms with Crippen LogP contribution in [0, 0.1) is 5.82 Å². The van der Waals surface area contributed by atoms with Gasteiger partial charge in [-0.2, -0.15) is 0 Å². The molecule has 0 fully saturated rings. The molecule has 2 aromatic rings. The molecular formula is C19H20FNO2. The second kappa shape index (κ2) is 7.09. The van der Waals surface area contributed by atoms with E-state index in [4.69, 9.17) is 4.74 Å². The number of methoxy groups -OCH3 is 1. The van der Waals surface area contributed by atoms with E-state index in [0.29, 0.717) is 5.56 Å². The summed E-state index contributed by atoms with van der Waals surface area (Å²) in [6.07, 6.45) is 3.14. The van der Waals surface area contributed by atoms with E-state index in [0.717, 1.165) is 11.3 Å². The second-order valence-corrected chi connectivity index (χ2v) is 5.70. The molecule has 0 saturated heterocycles. The molecule has 2 aromatic carbocycles. The molecule has 0 aliphatic heterocycles. The second-order valence-electron chi connectivity index (χ2n) is 5.70. The number of nitrogens with one attached hydrogen (secondary N) is 1. The molecular weight excluding hydrogens is 293 g/mol. The van der Waals surface area contributed by atoms with E-state index < -0.39 is 5.54 Å². The molecule has 0 atom stereocenters. The predicted octanol–water partition coefficient (Wildman–Crippen LogP) is 3.90. The van der Waals surface area contributed by atoms with Crippen molar-refractivity contribution in [2.45, 2.75) is 19.4 Å². The Balaban J connectivity index is 2.06. The minimum absolute atomic E-state index is 0.283. The quantitative estimate of drug-likeness (QED) is 0.850. The highest BCUT2D eigenvalue weighted by atomic mass is 19.1. The number of carbonyl (C=O) groups is 1. The van der Waals surface area contributed by atoms with Crippen LogP contribution in [0.2, 0.25) is 0 Å². The lowest BCUT2D eigenvalue weighted by atomic mass is 9.93. The van der Waals surface area contributed by atoms with Gasteiger partial charge in [-0.15, -0.1) is 0 Å². The maximum Gasteiger partial charge on any atom is 0.244 e. The summed E-state index contributed by atoms with van der Waals surface area (Å²) in [5, 5.41) is 2.82. The summed E-state index contributed by atoms with van der Waals surface area (Å²) < 4.78 is 19.0. The van der Waals surface area contributed by atoms with E-state index >= 15 is 0 Å². The lowest BCUT2D eigenvalue weighted by molar-refractivity contribution is -0.118. The van der Waals surface area contributed by atoms with Crippen LogP contribution in [0.15, 0.2) is 54.6 Å². The van der Waals surface area contributed by atoms with Crippen molar-refractivity contribution in [1.29, 1.82) is 0 Å². The average Bonchev–Trinajstić information content (AvgIpc) is 2.53. The lowest BCUT2D eigenvalue weighted by Crippen LogP contribution is -2.40. The highest BCUT2D eigenvalue weighted by Gasteiger charge is 2.24. The molecule has 0 aliphatic rings. The predicted molar refractivity (Wildman–Crippen MR) is 89.6 cm³/mol. The number of carbonyl (C=O) groups excluding carboxylic acids is 1. The molecule has 2 rings (SSSR count). The number of hydrogen-bond acceptors (Lipinski definition) is 2. The van der Waals surface area contributed by atoms with Crippen LogP contribution in [0.25, 0.3) is 6.08 Å². The Morgan fingerprint density at radius 3 is 2.39 bits per heavy atom. The third-order valence-electron chi connectivity index (χ3n) is 3.53. The van der Waals surface area contributed by atoms with Crippen LogP contribution in [0.4, 0.5) is 4.39 Å². The van der Waals surface area contributed by atoms with Gasteiger partial charge in [-0.1, -0.05) is 30.3 Å². The van der Waals surface area contributed by atoms with Crippen LogP contribution in [0.3, 0.4) is 0 Å². The van der Waals surface area contributed by atoms with E-state index in [-0.39, 0.29) is 11.7 Å². The molecule has 0 unspecified atom stereocenters. The van der Waals surface area contributed by atoms with E-state index in [9.17, 15) is 9.18 Å². The number of rotatable bonds is 5. The Morgan fingerprint density at radius 2 is 1.78 bits per heavy atom. The first-order valence-corrected chi connectivity index (χ1v) is 7.31. The van der Waals surface area contributed by atoms with E-state index in [1.54, 1.807) is 45.2 Å². The number of hydrogen-bond donors (Lipinski definition) is 1. The smallest absolute Gasteiger partial charge is 0.244 e. The molecule has 1 N–H and O–H groups in total. The molecule has 4 heteroatoms. The molecule has 3 nitrogen and oxygen atoms in total. The number of amides is 1. The molecule has 1 amide bonds. The monoisotopic (exact) mass is 313 g/mol. The third-order valence-corrected chi connectivity index (χ3v) is 3.53. The maximum atomic E-state index is 13.9. The summed E-state index contributed by atoms with van der Waals surface area (Å²) in [7, 11) is 1.60. The number of benzene rings is 2. The number of halogens is 1. The molecule has 0 bridgehead atoms. The van der Waals surface area contributed by atoms with Gasteiger partial charge in [-0.05, 0) is 43.7 Å². The minimum atomic E-state index is -0.799. The van der Waals surface area contributed by atoms with Gasteiger partial charge in [0.15, 0.2) is 0 Å². The topological polar surface area (TPSA) is 38.3 Å². The fourth-order valence-corrected chi connectivity index (χ4v) is 2.27. The molecule has 0 spiro atoms. The van der Waals surface area contributed by atoms with Crippen molar-refractivity contribution in [3.05, 3.63) is 71.6 Å². The Kier molecular flexibility index (Phi) is 5.16. The summed E-state index contributed by atoms with van der Waals surface area (Å²) in [4.78, 5) is 12.1. The Bertz CT molecular complexity index is 706. The van der Waals surface area contributed by atoms with E-state index in [1.165, 1.54) is 12.1 Å². The van der Waals surface area contributed by atoms with Gasteiger partial charge < -0.3 is 10.1 Å². The van der Waals surface area contributed by atoms with Crippen LogP contribution in [0.5, 0.6) is 5.75 Å². The van der Waals surface area contributed by atoms with Gasteiger partial charge in [0.2, 0.25) is 5.91 Å². The third kappa shape index (κ3) is 4.42. The standard InChI is InChI=1S/C19H20FNO2/c1-19(2,16-6-4-5-7-17(16)20)21-18(22)13-10-14-8-11-15(23-3)12-9-14/h4-13H,1-3H3,(H,21,22)/b13-10+. The van der Waals surface area contributed by atoms with Crippen molar-refractivity contribution >= 4 is 12.0 Å². The Hall–Kier alpha value is -2.62.